The van der Waals surface area contributed by atoms with Gasteiger partial charge in [-0.3, -0.25) is 0 Å². The van der Waals surface area contributed by atoms with Crippen LogP contribution < -0.4 is 0 Å². The molecule has 0 fully saturated rings. The third-order valence-electron chi connectivity index (χ3n) is 3.48. The number of rotatable bonds is 13. The Balaban J connectivity index is 3.05. The highest BCUT2D eigenvalue weighted by atomic mass is 14.0. The van der Waals surface area contributed by atoms with Gasteiger partial charge in [0.1, 0.15) is 0 Å². The fourth-order valence-corrected chi connectivity index (χ4v) is 2.19. The highest BCUT2D eigenvalue weighted by Crippen LogP contribution is 2.08. The maximum atomic E-state index is 3.87. The van der Waals surface area contributed by atoms with Crippen LogP contribution >= 0.6 is 0 Å². The summed E-state index contributed by atoms with van der Waals surface area (Å²) in [4.78, 5) is 0. The Hall–Kier alpha value is -0.440. The van der Waals surface area contributed by atoms with Crippen molar-refractivity contribution in [3.8, 4) is 11.8 Å². The first-order chi connectivity index (χ1) is 9.41. The molecular formula is C19H34. The van der Waals surface area contributed by atoms with Crippen molar-refractivity contribution in [1.82, 2.24) is 0 Å². The first kappa shape index (κ1) is 18.6. The molecule has 0 amide bonds. The van der Waals surface area contributed by atoms with Gasteiger partial charge in [-0.25, -0.2) is 0 Å². The SMILES string of the molecule is [CH2]CCCCCCCC#CCCCCCCCC[CH2]. The summed E-state index contributed by atoms with van der Waals surface area (Å²) in [6.45, 7) is 7.73. The van der Waals surface area contributed by atoms with Gasteiger partial charge >= 0.3 is 0 Å². The molecule has 0 aliphatic rings. The van der Waals surface area contributed by atoms with Crippen LogP contribution in [0.25, 0.3) is 0 Å². The molecule has 19 heavy (non-hydrogen) atoms. The van der Waals surface area contributed by atoms with Gasteiger partial charge in [0.25, 0.3) is 0 Å². The second kappa shape index (κ2) is 17.6. The second-order valence-electron chi connectivity index (χ2n) is 5.45. The Morgan fingerprint density at radius 3 is 1.11 bits per heavy atom. The van der Waals surface area contributed by atoms with Crippen molar-refractivity contribution in [2.75, 3.05) is 0 Å². The predicted octanol–water partition coefficient (Wildman–Crippen LogP) is 6.51. The maximum Gasteiger partial charge on any atom is 0.00886 e. The van der Waals surface area contributed by atoms with E-state index in [1.807, 2.05) is 0 Å². The minimum Gasteiger partial charge on any atom is -0.103 e. The molecule has 0 saturated carbocycles. The van der Waals surface area contributed by atoms with Crippen molar-refractivity contribution in [1.29, 1.82) is 0 Å². The van der Waals surface area contributed by atoms with Crippen LogP contribution in [0.2, 0.25) is 0 Å². The van der Waals surface area contributed by atoms with Crippen LogP contribution in [0.1, 0.15) is 96.3 Å². The van der Waals surface area contributed by atoms with Gasteiger partial charge in [-0.05, 0) is 12.8 Å². The lowest BCUT2D eigenvalue weighted by Gasteiger charge is -1.98. The van der Waals surface area contributed by atoms with Gasteiger partial charge in [0.05, 0.1) is 0 Å². The van der Waals surface area contributed by atoms with E-state index in [9.17, 15) is 0 Å². The van der Waals surface area contributed by atoms with Crippen molar-refractivity contribution in [3.63, 3.8) is 0 Å². The molecule has 0 atom stereocenters. The van der Waals surface area contributed by atoms with E-state index in [1.165, 1.54) is 70.6 Å². The Morgan fingerprint density at radius 2 is 0.737 bits per heavy atom. The van der Waals surface area contributed by atoms with E-state index in [0.29, 0.717) is 0 Å². The van der Waals surface area contributed by atoms with Crippen molar-refractivity contribution >= 4 is 0 Å². The number of hydrogen-bond acceptors (Lipinski definition) is 0. The maximum absolute atomic E-state index is 3.87. The van der Waals surface area contributed by atoms with E-state index < -0.39 is 0 Å². The van der Waals surface area contributed by atoms with Gasteiger partial charge in [0, 0.05) is 12.8 Å². The van der Waals surface area contributed by atoms with Crippen LogP contribution in [0.3, 0.4) is 0 Å². The third-order valence-corrected chi connectivity index (χ3v) is 3.48. The molecule has 0 heterocycles. The van der Waals surface area contributed by atoms with E-state index in [0.717, 1.165) is 25.7 Å². The standard InChI is InChI=1S/C19H34/c1-3-5-7-9-11-13-15-17-19-18-16-14-12-10-8-6-4-2/h1-17H2. The van der Waals surface area contributed by atoms with Crippen molar-refractivity contribution in [2.24, 2.45) is 0 Å². The molecule has 0 nitrogen and oxygen atoms in total. The molecule has 0 rings (SSSR count). The van der Waals surface area contributed by atoms with E-state index in [4.69, 9.17) is 0 Å². The Bertz CT molecular complexity index is 206. The molecule has 0 aromatic rings. The van der Waals surface area contributed by atoms with E-state index >= 15 is 0 Å². The molecule has 0 aromatic heterocycles. The fraction of sp³-hybridized carbons (Fsp3) is 0.789. The summed E-state index contributed by atoms with van der Waals surface area (Å²) in [7, 11) is 0. The molecule has 0 bridgehead atoms. The van der Waals surface area contributed by atoms with Crippen LogP contribution in [0, 0.1) is 25.7 Å². The molecule has 0 saturated heterocycles. The summed E-state index contributed by atoms with van der Waals surface area (Å²) in [6.07, 6.45) is 19.1. The number of unbranched alkanes of at least 4 members (excludes halogenated alkanes) is 13. The molecule has 0 heteroatoms. The monoisotopic (exact) mass is 262 g/mol. The molecule has 0 aromatic carbocycles. The van der Waals surface area contributed by atoms with Crippen LogP contribution in [0.4, 0.5) is 0 Å². The summed E-state index contributed by atoms with van der Waals surface area (Å²) in [5.41, 5.74) is 0. The molecule has 0 spiro atoms. The van der Waals surface area contributed by atoms with Gasteiger partial charge in [0.15, 0.2) is 0 Å². The zero-order valence-electron chi connectivity index (χ0n) is 13.0. The zero-order valence-corrected chi connectivity index (χ0v) is 13.0. The summed E-state index contributed by atoms with van der Waals surface area (Å²) in [5, 5.41) is 0. The molecule has 0 unspecified atom stereocenters. The lowest BCUT2D eigenvalue weighted by molar-refractivity contribution is 0.601. The minimum absolute atomic E-state index is 1.09. The fourth-order valence-electron chi connectivity index (χ4n) is 2.19. The van der Waals surface area contributed by atoms with Gasteiger partial charge in [-0.1, -0.05) is 84.5 Å². The van der Waals surface area contributed by atoms with E-state index in [1.54, 1.807) is 0 Å². The quantitative estimate of drug-likeness (QED) is 0.262. The van der Waals surface area contributed by atoms with Gasteiger partial charge in [0.2, 0.25) is 0 Å². The minimum atomic E-state index is 1.09. The Kier molecular flexibility index (Phi) is 17.2. The molecule has 0 N–H and O–H groups in total. The third kappa shape index (κ3) is 17.6. The molecule has 0 aliphatic carbocycles. The van der Waals surface area contributed by atoms with E-state index in [-0.39, 0.29) is 0 Å². The van der Waals surface area contributed by atoms with Crippen LogP contribution in [0.5, 0.6) is 0 Å². The lowest BCUT2D eigenvalue weighted by Crippen LogP contribution is -1.79. The average Bonchev–Trinajstić information content (AvgIpc) is 2.43. The highest BCUT2D eigenvalue weighted by Gasteiger charge is 1.90. The zero-order chi connectivity index (χ0) is 14.0. The normalized spacial score (nSPS) is 10.2. The average molecular weight is 262 g/mol. The largest absolute Gasteiger partial charge is 0.103 e. The summed E-state index contributed by atoms with van der Waals surface area (Å²) in [6, 6.07) is 0. The highest BCUT2D eigenvalue weighted by molar-refractivity contribution is 4.98. The summed E-state index contributed by atoms with van der Waals surface area (Å²) < 4.78 is 0. The van der Waals surface area contributed by atoms with Gasteiger partial charge in [-0.15, -0.1) is 11.8 Å². The molecule has 0 aliphatic heterocycles. The second-order valence-corrected chi connectivity index (χ2v) is 5.45. The Labute approximate surface area is 122 Å². The van der Waals surface area contributed by atoms with Gasteiger partial charge in [-0.2, -0.15) is 0 Å². The van der Waals surface area contributed by atoms with Gasteiger partial charge < -0.3 is 0 Å². The van der Waals surface area contributed by atoms with Crippen LogP contribution in [-0.4, -0.2) is 0 Å². The first-order valence-electron chi connectivity index (χ1n) is 8.46. The first-order valence-corrected chi connectivity index (χ1v) is 8.46. The number of hydrogen-bond donors (Lipinski definition) is 0. The van der Waals surface area contributed by atoms with Crippen molar-refractivity contribution in [2.45, 2.75) is 96.3 Å². The summed E-state index contributed by atoms with van der Waals surface area (Å²) >= 11 is 0. The van der Waals surface area contributed by atoms with Crippen molar-refractivity contribution in [3.05, 3.63) is 13.8 Å². The summed E-state index contributed by atoms with van der Waals surface area (Å²) in [5.74, 6) is 6.64. The van der Waals surface area contributed by atoms with E-state index in [2.05, 4.69) is 25.7 Å². The predicted molar refractivity (Wildman–Crippen MR) is 87.7 cm³/mol. The van der Waals surface area contributed by atoms with Crippen LogP contribution in [-0.2, 0) is 0 Å². The molecule has 110 valence electrons. The smallest absolute Gasteiger partial charge is 0.00886 e. The van der Waals surface area contributed by atoms with Crippen LogP contribution in [0.15, 0.2) is 0 Å². The van der Waals surface area contributed by atoms with Crippen molar-refractivity contribution < 1.29 is 0 Å². The molecule has 2 radical (unpaired) electrons. The molecular weight excluding hydrogens is 228 g/mol. The lowest BCUT2D eigenvalue weighted by atomic mass is 10.1. The topological polar surface area (TPSA) is 0 Å². The Morgan fingerprint density at radius 1 is 0.421 bits per heavy atom.